The molecule has 0 aliphatic carbocycles. The molecular formula is C33H35NO9-2. The van der Waals surface area contributed by atoms with Crippen molar-refractivity contribution in [3.8, 4) is 23.3 Å². The van der Waals surface area contributed by atoms with Gasteiger partial charge in [0.2, 0.25) is 0 Å². The summed E-state index contributed by atoms with van der Waals surface area (Å²) in [5.41, 5.74) is 0.751. The summed E-state index contributed by atoms with van der Waals surface area (Å²) in [6.45, 7) is 6.52. The summed E-state index contributed by atoms with van der Waals surface area (Å²) >= 11 is 0. The molecular weight excluding hydrogens is 554 g/mol. The van der Waals surface area contributed by atoms with E-state index in [4.69, 9.17) is 14.2 Å². The number of aliphatic carboxylic acids is 2. The van der Waals surface area contributed by atoms with Crippen molar-refractivity contribution in [1.29, 1.82) is 0 Å². The van der Waals surface area contributed by atoms with Crippen LogP contribution in [0.2, 0.25) is 0 Å². The molecule has 10 nitrogen and oxygen atoms in total. The van der Waals surface area contributed by atoms with Crippen molar-refractivity contribution in [3.05, 3.63) is 96.6 Å². The molecule has 0 heterocycles. The molecule has 3 atom stereocenters. The van der Waals surface area contributed by atoms with Crippen LogP contribution in [-0.4, -0.2) is 73.0 Å². The first-order valence-corrected chi connectivity index (χ1v) is 13.7. The van der Waals surface area contributed by atoms with E-state index in [0.717, 1.165) is 18.7 Å². The fourth-order valence-electron chi connectivity index (χ4n) is 3.63. The molecule has 3 rings (SSSR count). The predicted molar refractivity (Wildman–Crippen MR) is 155 cm³/mol. The molecule has 0 fully saturated rings. The van der Waals surface area contributed by atoms with Crippen molar-refractivity contribution in [1.82, 2.24) is 4.90 Å². The quantitative estimate of drug-likeness (QED) is 0.214. The van der Waals surface area contributed by atoms with Gasteiger partial charge >= 0.3 is 5.97 Å². The lowest BCUT2D eigenvalue weighted by molar-refractivity contribution is -0.330. The van der Waals surface area contributed by atoms with Crippen LogP contribution in [0.1, 0.15) is 25.3 Å². The maximum atomic E-state index is 11.9. The summed E-state index contributed by atoms with van der Waals surface area (Å²) in [5, 5.41) is 31.8. The first-order chi connectivity index (χ1) is 20.8. The Morgan fingerprint density at radius 1 is 0.744 bits per heavy atom. The van der Waals surface area contributed by atoms with Crippen LogP contribution in [0.25, 0.3) is 0 Å². The molecule has 1 N–H and O–H groups in total. The zero-order chi connectivity index (χ0) is 31.5. The van der Waals surface area contributed by atoms with Crippen molar-refractivity contribution < 1.29 is 43.9 Å². The SMILES string of the molecule is CCN(CC)CC#CCOC(=O)C(CO)c1ccccc1.O=C([O-])C(Oc1ccccc1)C(Oc1ccccc1)C(=O)[O-]. The number of aliphatic hydroxyl groups excluding tert-OH is 1. The molecule has 0 saturated heterocycles. The zero-order valence-corrected chi connectivity index (χ0v) is 24.1. The second kappa shape index (κ2) is 19.3. The Morgan fingerprint density at radius 2 is 1.19 bits per heavy atom. The van der Waals surface area contributed by atoms with E-state index in [2.05, 4.69) is 30.6 Å². The molecule has 0 radical (unpaired) electrons. The number of ether oxygens (including phenoxy) is 3. The van der Waals surface area contributed by atoms with Gasteiger partial charge in [-0.25, -0.2) is 0 Å². The average Bonchev–Trinajstić information content (AvgIpc) is 3.02. The maximum Gasteiger partial charge on any atom is 0.316 e. The van der Waals surface area contributed by atoms with Gasteiger partial charge in [0.05, 0.1) is 25.1 Å². The molecule has 0 saturated carbocycles. The van der Waals surface area contributed by atoms with Gasteiger partial charge in [-0.15, -0.1) is 0 Å². The van der Waals surface area contributed by atoms with Gasteiger partial charge in [0.1, 0.15) is 17.4 Å². The number of hydrogen-bond acceptors (Lipinski definition) is 10. The monoisotopic (exact) mass is 589 g/mol. The average molecular weight is 590 g/mol. The summed E-state index contributed by atoms with van der Waals surface area (Å²) < 4.78 is 15.4. The lowest BCUT2D eigenvalue weighted by Gasteiger charge is -2.29. The minimum atomic E-state index is -1.85. The first kappa shape index (κ1) is 34.4. The lowest BCUT2D eigenvalue weighted by Crippen LogP contribution is -2.56. The molecule has 0 aromatic heterocycles. The van der Waals surface area contributed by atoms with E-state index in [1.54, 1.807) is 48.5 Å². The number of nitrogens with zero attached hydrogens (tertiary/aromatic N) is 1. The standard InChI is InChI=1S/C17H23NO3.C16H14O6/c1-3-18(4-2)12-8-9-13-21-17(20)16(14-19)15-10-6-5-7-11-15;17-15(18)13(21-11-7-3-1-4-8-11)14(16(19)20)22-12-9-5-2-6-10-12/h5-7,10-11,16,19H,3-4,12-14H2,1-2H3;1-10,13-14H,(H,17,18)(H,19,20)/p-2. The van der Waals surface area contributed by atoms with Crippen molar-refractivity contribution in [2.75, 3.05) is 32.8 Å². The van der Waals surface area contributed by atoms with E-state index in [0.29, 0.717) is 6.54 Å². The zero-order valence-electron chi connectivity index (χ0n) is 24.1. The molecule has 0 amide bonds. The highest BCUT2D eigenvalue weighted by Gasteiger charge is 2.28. The number of carbonyl (C=O) groups excluding carboxylic acids is 3. The number of rotatable bonds is 14. The Morgan fingerprint density at radius 3 is 1.58 bits per heavy atom. The molecule has 0 aliphatic rings. The van der Waals surface area contributed by atoms with Crippen LogP contribution in [0.5, 0.6) is 11.5 Å². The van der Waals surface area contributed by atoms with Gasteiger partial charge in [-0.1, -0.05) is 92.4 Å². The number of carbonyl (C=O) groups is 3. The van der Waals surface area contributed by atoms with Crippen LogP contribution in [-0.2, 0) is 19.1 Å². The molecule has 43 heavy (non-hydrogen) atoms. The second-order valence-corrected chi connectivity index (χ2v) is 8.91. The van der Waals surface area contributed by atoms with Crippen LogP contribution in [0.3, 0.4) is 0 Å². The highest BCUT2D eigenvalue weighted by molar-refractivity contribution is 5.82. The van der Waals surface area contributed by atoms with Gasteiger partial charge in [-0.05, 0) is 42.9 Å². The number of para-hydroxylation sites is 2. The molecule has 3 unspecified atom stereocenters. The maximum absolute atomic E-state index is 11.9. The summed E-state index contributed by atoms with van der Waals surface area (Å²) in [5.74, 6) is 1.65. The Kier molecular flexibility index (Phi) is 15.4. The van der Waals surface area contributed by atoms with Crippen LogP contribution < -0.4 is 19.7 Å². The molecule has 228 valence electrons. The third-order valence-corrected chi connectivity index (χ3v) is 6.03. The van der Waals surface area contributed by atoms with Gasteiger partial charge in [0.15, 0.2) is 18.8 Å². The smallest absolute Gasteiger partial charge is 0.316 e. The van der Waals surface area contributed by atoms with E-state index in [9.17, 15) is 29.7 Å². The predicted octanol–water partition coefficient (Wildman–Crippen LogP) is 1.03. The third kappa shape index (κ3) is 12.3. The summed E-state index contributed by atoms with van der Waals surface area (Å²) in [6, 6.07) is 25.0. The summed E-state index contributed by atoms with van der Waals surface area (Å²) in [7, 11) is 0. The van der Waals surface area contributed by atoms with Crippen molar-refractivity contribution in [2.24, 2.45) is 0 Å². The van der Waals surface area contributed by atoms with Crippen LogP contribution >= 0.6 is 0 Å². The van der Waals surface area contributed by atoms with Crippen LogP contribution in [0.15, 0.2) is 91.0 Å². The number of carboxylic acids is 2. The van der Waals surface area contributed by atoms with Crippen molar-refractivity contribution in [2.45, 2.75) is 32.0 Å². The topological polar surface area (TPSA) is 148 Å². The van der Waals surface area contributed by atoms with Gasteiger partial charge in [-0.2, -0.15) is 0 Å². The number of carboxylic acid groups (broad SMARTS) is 2. The first-order valence-electron chi connectivity index (χ1n) is 13.7. The molecule has 0 bridgehead atoms. The Bertz CT molecular complexity index is 1250. The second-order valence-electron chi connectivity index (χ2n) is 8.91. The van der Waals surface area contributed by atoms with E-state index in [-0.39, 0.29) is 24.7 Å². The Hall–Kier alpha value is -4.85. The molecule has 3 aromatic rings. The van der Waals surface area contributed by atoms with Gasteiger partial charge < -0.3 is 39.1 Å². The summed E-state index contributed by atoms with van der Waals surface area (Å²) in [6.07, 6.45) is -3.71. The van der Waals surface area contributed by atoms with E-state index in [1.807, 2.05) is 18.2 Å². The normalized spacial score (nSPS) is 12.3. The number of aliphatic hydroxyl groups is 1. The number of hydrogen-bond donors (Lipinski definition) is 1. The van der Waals surface area contributed by atoms with Crippen LogP contribution in [0, 0.1) is 11.8 Å². The molecule has 0 spiro atoms. The van der Waals surface area contributed by atoms with Gasteiger partial charge in [0.25, 0.3) is 0 Å². The fraction of sp³-hybridized carbons (Fsp3) is 0.303. The minimum absolute atomic E-state index is 0.0590. The molecule has 0 aliphatic heterocycles. The molecule has 10 heteroatoms. The van der Waals surface area contributed by atoms with Crippen LogP contribution in [0.4, 0.5) is 0 Å². The largest absolute Gasteiger partial charge is 0.546 e. The Balaban J connectivity index is 0.000000301. The van der Waals surface area contributed by atoms with E-state index in [1.165, 1.54) is 24.3 Å². The highest BCUT2D eigenvalue weighted by Crippen LogP contribution is 2.18. The van der Waals surface area contributed by atoms with Crippen molar-refractivity contribution in [3.63, 3.8) is 0 Å². The Labute approximate surface area is 251 Å². The summed E-state index contributed by atoms with van der Waals surface area (Å²) in [4.78, 5) is 36.6. The number of esters is 1. The van der Waals surface area contributed by atoms with E-state index >= 15 is 0 Å². The lowest BCUT2D eigenvalue weighted by atomic mass is 10.0. The molecule has 3 aromatic carbocycles. The fourth-order valence-corrected chi connectivity index (χ4v) is 3.63. The van der Waals surface area contributed by atoms with E-state index < -0.39 is 36.0 Å². The highest BCUT2D eigenvalue weighted by atomic mass is 16.6. The third-order valence-electron chi connectivity index (χ3n) is 6.03. The minimum Gasteiger partial charge on any atom is -0.546 e. The number of benzene rings is 3. The van der Waals surface area contributed by atoms with Gasteiger partial charge in [0, 0.05) is 0 Å². The van der Waals surface area contributed by atoms with Crippen molar-refractivity contribution >= 4 is 17.9 Å². The van der Waals surface area contributed by atoms with Gasteiger partial charge in [-0.3, -0.25) is 9.69 Å².